The van der Waals surface area contributed by atoms with E-state index in [9.17, 15) is 22.4 Å². The minimum absolute atomic E-state index is 0.0918. The third kappa shape index (κ3) is 7.12. The van der Waals surface area contributed by atoms with Crippen molar-refractivity contribution in [3.63, 3.8) is 0 Å². The van der Waals surface area contributed by atoms with E-state index in [1.165, 1.54) is 0 Å². The fourth-order valence-corrected chi connectivity index (χ4v) is 1.69. The summed E-state index contributed by atoms with van der Waals surface area (Å²) in [7, 11) is 0. The molecule has 0 amide bonds. The molecule has 0 aromatic heterocycles. The third-order valence-electron chi connectivity index (χ3n) is 2.80. The molecule has 5 nitrogen and oxygen atoms in total. The van der Waals surface area contributed by atoms with Crippen molar-refractivity contribution >= 4 is 12.0 Å². The van der Waals surface area contributed by atoms with E-state index >= 15 is 0 Å². The van der Waals surface area contributed by atoms with Crippen molar-refractivity contribution in [1.29, 1.82) is 5.26 Å². The van der Waals surface area contributed by atoms with E-state index < -0.39 is 36.3 Å². The number of alkyl halides is 4. The number of hydrogen-bond acceptors (Lipinski definition) is 5. The Bertz CT molecular complexity index is 656. The molecule has 0 saturated heterocycles. The second-order valence-corrected chi connectivity index (χ2v) is 4.62. The van der Waals surface area contributed by atoms with Crippen molar-refractivity contribution in [2.24, 2.45) is 0 Å². The first kappa shape index (κ1) is 20.3. The Morgan fingerprint density at radius 2 is 1.92 bits per heavy atom. The lowest BCUT2D eigenvalue weighted by molar-refractivity contribution is -0.138. The van der Waals surface area contributed by atoms with Crippen LogP contribution in [-0.4, -0.2) is 25.8 Å². The van der Waals surface area contributed by atoms with Gasteiger partial charge in [0.15, 0.2) is 0 Å². The van der Waals surface area contributed by atoms with Crippen molar-refractivity contribution in [1.82, 2.24) is 0 Å². The fourth-order valence-electron chi connectivity index (χ4n) is 1.69. The van der Waals surface area contributed by atoms with Crippen LogP contribution in [0.2, 0.25) is 0 Å². The van der Waals surface area contributed by atoms with E-state index in [0.29, 0.717) is 6.42 Å². The molecule has 0 unspecified atom stereocenters. The number of benzene rings is 1. The van der Waals surface area contributed by atoms with Gasteiger partial charge in [-0.25, -0.2) is 4.79 Å². The molecular weight excluding hydrogens is 346 g/mol. The van der Waals surface area contributed by atoms with E-state index in [2.05, 4.69) is 9.47 Å². The first-order chi connectivity index (χ1) is 11.9. The van der Waals surface area contributed by atoms with Crippen LogP contribution in [-0.2, 0) is 9.53 Å². The SMILES string of the molecule is CCCCOC(=O)/C(C#N)=C\c1ccc(OC(F)F)cc1OC(F)F. The second kappa shape index (κ2) is 10.2. The average Bonchev–Trinajstić information content (AvgIpc) is 2.53. The first-order valence-corrected chi connectivity index (χ1v) is 7.20. The van der Waals surface area contributed by atoms with Crippen LogP contribution in [0.15, 0.2) is 23.8 Å². The molecule has 0 atom stereocenters. The molecule has 0 bridgehead atoms. The number of nitrogens with zero attached hydrogens (tertiary/aromatic N) is 1. The smallest absolute Gasteiger partial charge is 0.387 e. The van der Waals surface area contributed by atoms with Crippen LogP contribution in [0, 0.1) is 11.3 Å². The molecule has 1 aromatic rings. The number of ether oxygens (including phenoxy) is 3. The lowest BCUT2D eigenvalue weighted by atomic mass is 10.1. The van der Waals surface area contributed by atoms with Crippen LogP contribution < -0.4 is 9.47 Å². The van der Waals surface area contributed by atoms with Gasteiger partial charge in [0.25, 0.3) is 0 Å². The number of carbonyl (C=O) groups is 1. The van der Waals surface area contributed by atoms with Crippen LogP contribution in [0.25, 0.3) is 6.08 Å². The molecule has 25 heavy (non-hydrogen) atoms. The summed E-state index contributed by atoms with van der Waals surface area (Å²) in [6.45, 7) is -4.40. The number of rotatable bonds is 9. The maximum atomic E-state index is 12.5. The Kier molecular flexibility index (Phi) is 8.26. The fraction of sp³-hybridized carbons (Fsp3) is 0.375. The lowest BCUT2D eigenvalue weighted by Gasteiger charge is -2.11. The number of esters is 1. The van der Waals surface area contributed by atoms with Gasteiger partial charge in [-0.05, 0) is 24.6 Å². The molecule has 0 N–H and O–H groups in total. The van der Waals surface area contributed by atoms with Crippen molar-refractivity contribution in [3.8, 4) is 17.6 Å². The predicted octanol–water partition coefficient (Wildman–Crippen LogP) is 4.14. The Labute approximate surface area is 141 Å². The Balaban J connectivity index is 3.11. The molecular formula is C16H15F4NO4. The molecule has 1 aromatic carbocycles. The van der Waals surface area contributed by atoms with Crippen LogP contribution in [0.4, 0.5) is 17.6 Å². The Hall–Kier alpha value is -2.76. The van der Waals surface area contributed by atoms with Gasteiger partial charge in [0, 0.05) is 11.6 Å². The highest BCUT2D eigenvalue weighted by atomic mass is 19.3. The zero-order chi connectivity index (χ0) is 18.8. The van der Waals surface area contributed by atoms with Gasteiger partial charge in [-0.1, -0.05) is 13.3 Å². The van der Waals surface area contributed by atoms with Gasteiger partial charge in [0.2, 0.25) is 0 Å². The molecule has 0 fully saturated rings. The Morgan fingerprint density at radius 1 is 1.24 bits per heavy atom. The number of halogens is 4. The first-order valence-electron chi connectivity index (χ1n) is 7.20. The maximum absolute atomic E-state index is 12.5. The summed E-state index contributed by atoms with van der Waals surface area (Å²) in [5.74, 6) is -1.86. The van der Waals surface area contributed by atoms with Crippen LogP contribution >= 0.6 is 0 Å². The van der Waals surface area contributed by atoms with Crippen LogP contribution in [0.1, 0.15) is 25.3 Å². The minimum Gasteiger partial charge on any atom is -0.462 e. The van der Waals surface area contributed by atoms with Gasteiger partial charge in [-0.3, -0.25) is 0 Å². The molecule has 0 aliphatic heterocycles. The van der Waals surface area contributed by atoms with Crippen molar-refractivity contribution in [2.75, 3.05) is 6.61 Å². The van der Waals surface area contributed by atoms with Gasteiger partial charge in [-0.2, -0.15) is 22.8 Å². The largest absolute Gasteiger partial charge is 0.462 e. The summed E-state index contributed by atoms with van der Waals surface area (Å²) in [4.78, 5) is 11.8. The quantitative estimate of drug-likeness (QED) is 0.217. The van der Waals surface area contributed by atoms with E-state index in [-0.39, 0.29) is 12.2 Å². The molecule has 1 rings (SSSR count). The minimum atomic E-state index is -3.24. The van der Waals surface area contributed by atoms with E-state index in [1.807, 2.05) is 6.92 Å². The van der Waals surface area contributed by atoms with Gasteiger partial charge in [-0.15, -0.1) is 0 Å². The highest BCUT2D eigenvalue weighted by Gasteiger charge is 2.16. The molecule has 0 aliphatic carbocycles. The standard InChI is InChI=1S/C16H15F4NO4/c1-2-3-6-23-14(22)11(9-21)7-10-4-5-12(24-15(17)18)8-13(10)25-16(19)20/h4-5,7-8,15-16H,2-3,6H2,1H3/b11-7-. The summed E-state index contributed by atoms with van der Waals surface area (Å²) in [5, 5.41) is 9.03. The average molecular weight is 361 g/mol. The topological polar surface area (TPSA) is 68.6 Å². The highest BCUT2D eigenvalue weighted by Crippen LogP contribution is 2.29. The third-order valence-corrected chi connectivity index (χ3v) is 2.80. The number of hydrogen-bond donors (Lipinski definition) is 0. The molecule has 0 saturated carbocycles. The molecule has 9 heteroatoms. The Morgan fingerprint density at radius 3 is 2.48 bits per heavy atom. The summed E-state index contributed by atoms with van der Waals surface area (Å²) in [6, 6.07) is 4.57. The van der Waals surface area contributed by atoms with Crippen molar-refractivity contribution < 1.29 is 36.6 Å². The van der Waals surface area contributed by atoms with Gasteiger partial charge in [0.05, 0.1) is 6.61 Å². The van der Waals surface area contributed by atoms with E-state index in [1.54, 1.807) is 6.07 Å². The highest BCUT2D eigenvalue weighted by molar-refractivity contribution is 5.98. The summed E-state index contributed by atoms with van der Waals surface area (Å²) >= 11 is 0. The summed E-state index contributed by atoms with van der Waals surface area (Å²) < 4.78 is 62.6. The zero-order valence-electron chi connectivity index (χ0n) is 13.2. The molecule has 0 spiro atoms. The second-order valence-electron chi connectivity index (χ2n) is 4.62. The zero-order valence-corrected chi connectivity index (χ0v) is 13.2. The van der Waals surface area contributed by atoms with Crippen molar-refractivity contribution in [2.45, 2.75) is 33.0 Å². The van der Waals surface area contributed by atoms with Gasteiger partial charge < -0.3 is 14.2 Å². The molecule has 0 heterocycles. The monoisotopic (exact) mass is 361 g/mol. The molecule has 136 valence electrons. The van der Waals surface area contributed by atoms with E-state index in [4.69, 9.17) is 10.00 Å². The van der Waals surface area contributed by atoms with Crippen molar-refractivity contribution in [3.05, 3.63) is 29.3 Å². The number of nitriles is 1. The predicted molar refractivity (Wildman–Crippen MR) is 79.2 cm³/mol. The van der Waals surface area contributed by atoms with Gasteiger partial charge >= 0.3 is 19.2 Å². The maximum Gasteiger partial charge on any atom is 0.387 e. The lowest BCUT2D eigenvalue weighted by Crippen LogP contribution is -2.09. The number of carbonyl (C=O) groups excluding carboxylic acids is 1. The molecule has 0 aliphatic rings. The summed E-state index contributed by atoms with van der Waals surface area (Å²) in [6.07, 6.45) is 2.35. The summed E-state index contributed by atoms with van der Waals surface area (Å²) in [5.41, 5.74) is -0.538. The van der Waals surface area contributed by atoms with Crippen LogP contribution in [0.3, 0.4) is 0 Å². The van der Waals surface area contributed by atoms with Crippen LogP contribution in [0.5, 0.6) is 11.5 Å². The van der Waals surface area contributed by atoms with Gasteiger partial charge in [0.1, 0.15) is 23.1 Å². The number of unbranched alkanes of at least 4 members (excludes halogenated alkanes) is 1. The van der Waals surface area contributed by atoms with E-state index in [0.717, 1.165) is 30.7 Å². The normalized spacial score (nSPS) is 11.4. The molecule has 0 radical (unpaired) electrons.